The lowest BCUT2D eigenvalue weighted by Gasteiger charge is -2.01. The van der Waals surface area contributed by atoms with E-state index >= 15 is 0 Å². The lowest BCUT2D eigenvalue weighted by atomic mass is 10.0. The van der Waals surface area contributed by atoms with E-state index in [-0.39, 0.29) is 0 Å². The van der Waals surface area contributed by atoms with Crippen LogP contribution in [-0.4, -0.2) is 0 Å². The van der Waals surface area contributed by atoms with E-state index in [0.717, 1.165) is 40.7 Å². The van der Waals surface area contributed by atoms with Gasteiger partial charge in [0, 0.05) is 22.3 Å². The van der Waals surface area contributed by atoms with E-state index in [1.807, 2.05) is 0 Å². The summed E-state index contributed by atoms with van der Waals surface area (Å²) < 4.78 is 0. The minimum atomic E-state index is 1.03. The Balaban J connectivity index is 1.66. The average Bonchev–Trinajstić information content (AvgIpc) is 2.81. The molecule has 0 unspecified atom stereocenters. The highest BCUT2D eigenvalue weighted by Crippen LogP contribution is 2.12. The highest BCUT2D eigenvalue weighted by molar-refractivity contribution is 5.51. The molecular formula is C31H32. The zero-order chi connectivity index (χ0) is 21.9. The van der Waals surface area contributed by atoms with E-state index in [2.05, 4.69) is 111 Å². The SMILES string of the molecule is CCCCc1ccc(C#Cc2ccc(C#Cc3ccc(CCCC)cc3)c(C)c2)cc1. The third-order valence-corrected chi connectivity index (χ3v) is 5.46. The quantitative estimate of drug-likeness (QED) is 0.374. The summed E-state index contributed by atoms with van der Waals surface area (Å²) in [6, 6.07) is 23.5. The molecule has 0 aliphatic carbocycles. The van der Waals surface area contributed by atoms with Crippen LogP contribution in [0.2, 0.25) is 0 Å². The molecule has 0 saturated heterocycles. The molecule has 0 aliphatic rings. The molecule has 0 atom stereocenters. The minimum Gasteiger partial charge on any atom is -0.0654 e. The van der Waals surface area contributed by atoms with Gasteiger partial charge in [0.25, 0.3) is 0 Å². The smallest absolute Gasteiger partial charge is 0.0279 e. The van der Waals surface area contributed by atoms with Crippen LogP contribution < -0.4 is 0 Å². The largest absolute Gasteiger partial charge is 0.0654 e. The first-order valence-corrected chi connectivity index (χ1v) is 11.5. The van der Waals surface area contributed by atoms with Gasteiger partial charge in [0.05, 0.1) is 0 Å². The van der Waals surface area contributed by atoms with Gasteiger partial charge in [-0.1, -0.05) is 74.6 Å². The summed E-state index contributed by atoms with van der Waals surface area (Å²) in [4.78, 5) is 0. The van der Waals surface area contributed by atoms with Gasteiger partial charge >= 0.3 is 0 Å². The van der Waals surface area contributed by atoms with Crippen LogP contribution in [0, 0.1) is 30.6 Å². The Labute approximate surface area is 188 Å². The molecule has 0 aliphatic heterocycles. The molecule has 0 amide bonds. The second-order valence-electron chi connectivity index (χ2n) is 8.13. The molecule has 0 saturated carbocycles. The maximum atomic E-state index is 3.32. The number of unbranched alkanes of at least 4 members (excludes halogenated alkanes) is 2. The molecule has 0 bridgehead atoms. The standard InChI is InChI=1S/C31H32/c1-4-6-8-26-10-14-28(15-11-26)18-19-30-21-23-31(25(3)24-30)22-20-29-16-12-27(13-17-29)9-7-5-2/h10-17,21,23-24H,4-9H2,1-3H3. The molecule has 0 nitrogen and oxygen atoms in total. The molecular weight excluding hydrogens is 372 g/mol. The fourth-order valence-corrected chi connectivity index (χ4v) is 3.44. The zero-order valence-electron chi connectivity index (χ0n) is 19.1. The molecule has 3 rings (SSSR count). The minimum absolute atomic E-state index is 1.03. The van der Waals surface area contributed by atoms with Crippen molar-refractivity contribution in [2.75, 3.05) is 0 Å². The van der Waals surface area contributed by atoms with E-state index in [1.54, 1.807) is 0 Å². The normalized spacial score (nSPS) is 10.0. The Morgan fingerprint density at radius 2 is 1.00 bits per heavy atom. The van der Waals surface area contributed by atoms with Crippen LogP contribution in [0.5, 0.6) is 0 Å². The van der Waals surface area contributed by atoms with Crippen LogP contribution in [-0.2, 0) is 12.8 Å². The third-order valence-electron chi connectivity index (χ3n) is 5.46. The van der Waals surface area contributed by atoms with E-state index in [1.165, 1.54) is 36.8 Å². The summed E-state index contributed by atoms with van der Waals surface area (Å²) in [5.74, 6) is 13.2. The second-order valence-corrected chi connectivity index (χ2v) is 8.13. The average molecular weight is 405 g/mol. The molecule has 0 heteroatoms. The maximum Gasteiger partial charge on any atom is 0.0279 e. The number of hydrogen-bond donors (Lipinski definition) is 0. The lowest BCUT2D eigenvalue weighted by Crippen LogP contribution is -1.87. The first-order chi connectivity index (χ1) is 15.2. The molecule has 0 heterocycles. The Kier molecular flexibility index (Phi) is 8.58. The molecule has 3 aromatic rings. The highest BCUT2D eigenvalue weighted by Gasteiger charge is 1.97. The van der Waals surface area contributed by atoms with Crippen LogP contribution in [0.1, 0.15) is 78.5 Å². The van der Waals surface area contributed by atoms with Crippen molar-refractivity contribution in [1.82, 2.24) is 0 Å². The number of hydrogen-bond acceptors (Lipinski definition) is 0. The topological polar surface area (TPSA) is 0 Å². The summed E-state index contributed by atoms with van der Waals surface area (Å²) in [5.41, 5.74) is 8.15. The molecule has 0 fully saturated rings. The summed E-state index contributed by atoms with van der Waals surface area (Å²) in [5, 5.41) is 0. The summed E-state index contributed by atoms with van der Waals surface area (Å²) in [6.45, 7) is 6.56. The van der Waals surface area contributed by atoms with Crippen LogP contribution in [0.3, 0.4) is 0 Å². The van der Waals surface area contributed by atoms with Gasteiger partial charge < -0.3 is 0 Å². The van der Waals surface area contributed by atoms with Crippen molar-refractivity contribution in [2.45, 2.75) is 59.3 Å². The Hall–Kier alpha value is -3.22. The van der Waals surface area contributed by atoms with Gasteiger partial charge in [0.15, 0.2) is 0 Å². The first-order valence-electron chi connectivity index (χ1n) is 11.5. The van der Waals surface area contributed by atoms with E-state index in [9.17, 15) is 0 Å². The fourth-order valence-electron chi connectivity index (χ4n) is 3.44. The van der Waals surface area contributed by atoms with Crippen molar-refractivity contribution in [3.63, 3.8) is 0 Å². The second kappa shape index (κ2) is 11.8. The first kappa shape index (κ1) is 22.5. The molecule has 156 valence electrons. The van der Waals surface area contributed by atoms with Crippen LogP contribution in [0.15, 0.2) is 66.7 Å². The van der Waals surface area contributed by atoms with Gasteiger partial charge in [-0.15, -0.1) is 0 Å². The predicted octanol–water partition coefficient (Wildman–Crippen LogP) is 7.48. The van der Waals surface area contributed by atoms with Crippen LogP contribution in [0.25, 0.3) is 0 Å². The molecule has 0 spiro atoms. The van der Waals surface area contributed by atoms with Crippen molar-refractivity contribution in [3.8, 4) is 23.7 Å². The molecule has 31 heavy (non-hydrogen) atoms. The van der Waals surface area contributed by atoms with E-state index in [4.69, 9.17) is 0 Å². The number of rotatable bonds is 6. The van der Waals surface area contributed by atoms with Crippen LogP contribution >= 0.6 is 0 Å². The van der Waals surface area contributed by atoms with E-state index in [0.29, 0.717) is 0 Å². The summed E-state index contributed by atoms with van der Waals surface area (Å²) in [7, 11) is 0. The number of aryl methyl sites for hydroxylation is 3. The van der Waals surface area contributed by atoms with Gasteiger partial charge in [0.2, 0.25) is 0 Å². The van der Waals surface area contributed by atoms with Crippen molar-refractivity contribution in [1.29, 1.82) is 0 Å². The van der Waals surface area contributed by atoms with Crippen molar-refractivity contribution in [2.24, 2.45) is 0 Å². The Morgan fingerprint density at radius 1 is 0.548 bits per heavy atom. The van der Waals surface area contributed by atoms with Gasteiger partial charge in [-0.05, 0) is 91.8 Å². The third kappa shape index (κ3) is 7.20. The van der Waals surface area contributed by atoms with Crippen LogP contribution in [0.4, 0.5) is 0 Å². The van der Waals surface area contributed by atoms with Gasteiger partial charge in [-0.2, -0.15) is 0 Å². The Bertz CT molecular complexity index is 1090. The Morgan fingerprint density at radius 3 is 1.48 bits per heavy atom. The highest BCUT2D eigenvalue weighted by atomic mass is 14.0. The van der Waals surface area contributed by atoms with E-state index < -0.39 is 0 Å². The maximum absolute atomic E-state index is 3.32. The fraction of sp³-hybridized carbons (Fsp3) is 0.290. The zero-order valence-corrected chi connectivity index (χ0v) is 19.1. The monoisotopic (exact) mass is 404 g/mol. The summed E-state index contributed by atoms with van der Waals surface area (Å²) >= 11 is 0. The van der Waals surface area contributed by atoms with Crippen molar-refractivity contribution >= 4 is 0 Å². The molecule has 0 radical (unpaired) electrons. The van der Waals surface area contributed by atoms with Crippen molar-refractivity contribution < 1.29 is 0 Å². The van der Waals surface area contributed by atoms with Gasteiger partial charge in [-0.3, -0.25) is 0 Å². The molecule has 3 aromatic carbocycles. The van der Waals surface area contributed by atoms with Crippen molar-refractivity contribution in [3.05, 3.63) is 106 Å². The van der Waals surface area contributed by atoms with Gasteiger partial charge in [-0.25, -0.2) is 0 Å². The lowest BCUT2D eigenvalue weighted by molar-refractivity contribution is 0.795. The molecule has 0 aromatic heterocycles. The predicted molar refractivity (Wildman–Crippen MR) is 133 cm³/mol. The van der Waals surface area contributed by atoms with Gasteiger partial charge in [0.1, 0.15) is 0 Å². The molecule has 0 N–H and O–H groups in total. The summed E-state index contributed by atoms with van der Waals surface area (Å²) in [6.07, 6.45) is 7.23. The number of benzene rings is 3.